The molecule has 1 heterocycles. The summed E-state index contributed by atoms with van der Waals surface area (Å²) in [4.78, 5) is 24.5. The summed E-state index contributed by atoms with van der Waals surface area (Å²) in [5.74, 6) is -1.28. The molecule has 0 radical (unpaired) electrons. The Hall–Kier alpha value is -1.88. The Labute approximate surface area is 105 Å². The number of carbonyl (C=O) groups is 2. The lowest BCUT2D eigenvalue weighted by Crippen LogP contribution is -2.57. The third-order valence-corrected chi connectivity index (χ3v) is 3.13. The van der Waals surface area contributed by atoms with Crippen molar-refractivity contribution in [3.8, 4) is 0 Å². The Morgan fingerprint density at radius 2 is 2.11 bits per heavy atom. The van der Waals surface area contributed by atoms with E-state index in [1.807, 2.05) is 25.1 Å². The molecule has 1 aliphatic rings. The maximum Gasteiger partial charge on any atom is 0.337 e. The van der Waals surface area contributed by atoms with E-state index in [-0.39, 0.29) is 19.1 Å². The van der Waals surface area contributed by atoms with Crippen molar-refractivity contribution < 1.29 is 19.4 Å². The molecule has 1 aromatic rings. The number of ether oxygens (including phenoxy) is 1. The number of hydrogen-bond acceptors (Lipinski definition) is 3. The lowest BCUT2D eigenvalue weighted by molar-refractivity contribution is -0.168. The molecule has 0 aliphatic carbocycles. The Morgan fingerprint density at radius 1 is 1.44 bits per heavy atom. The van der Waals surface area contributed by atoms with E-state index in [0.29, 0.717) is 0 Å². The van der Waals surface area contributed by atoms with Crippen LogP contribution in [0.15, 0.2) is 24.3 Å². The van der Waals surface area contributed by atoms with E-state index in [1.54, 1.807) is 6.07 Å². The highest BCUT2D eigenvalue weighted by Gasteiger charge is 2.43. The molecule has 1 N–H and O–H groups in total. The van der Waals surface area contributed by atoms with Gasteiger partial charge in [-0.25, -0.2) is 4.79 Å². The highest BCUT2D eigenvalue weighted by molar-refractivity contribution is 5.97. The van der Waals surface area contributed by atoms with Crippen molar-refractivity contribution in [1.29, 1.82) is 0 Å². The summed E-state index contributed by atoms with van der Waals surface area (Å²) in [5.41, 5.74) is 0.315. The number of aryl methyl sites for hydroxylation is 1. The quantitative estimate of drug-likeness (QED) is 0.855. The molecule has 96 valence electrons. The van der Waals surface area contributed by atoms with Crippen LogP contribution in [0.3, 0.4) is 0 Å². The molecule has 1 saturated heterocycles. The van der Waals surface area contributed by atoms with Crippen molar-refractivity contribution in [2.75, 3.05) is 18.1 Å². The van der Waals surface area contributed by atoms with Gasteiger partial charge in [-0.05, 0) is 25.5 Å². The molecule has 5 heteroatoms. The van der Waals surface area contributed by atoms with Crippen LogP contribution in [-0.2, 0) is 14.3 Å². The normalized spacial score (nSPS) is 24.1. The maximum absolute atomic E-state index is 11.9. The molecule has 1 amide bonds. The van der Waals surface area contributed by atoms with Crippen LogP contribution in [0.25, 0.3) is 0 Å². The number of benzene rings is 1. The number of morpholine rings is 1. The van der Waals surface area contributed by atoms with Crippen LogP contribution in [0.5, 0.6) is 0 Å². The third kappa shape index (κ3) is 2.09. The average Bonchev–Trinajstić information content (AvgIpc) is 2.33. The van der Waals surface area contributed by atoms with E-state index in [1.165, 1.54) is 11.8 Å². The van der Waals surface area contributed by atoms with Gasteiger partial charge in [-0.15, -0.1) is 0 Å². The molecule has 1 aliphatic heterocycles. The minimum absolute atomic E-state index is 0.0199. The van der Waals surface area contributed by atoms with Crippen molar-refractivity contribution in [1.82, 2.24) is 0 Å². The molecule has 0 aromatic heterocycles. The zero-order chi connectivity index (χ0) is 13.3. The second kappa shape index (κ2) is 4.42. The first-order valence-electron chi connectivity index (χ1n) is 5.67. The average molecular weight is 249 g/mol. The number of carboxylic acid groups (broad SMARTS) is 1. The molecule has 1 unspecified atom stereocenters. The van der Waals surface area contributed by atoms with Crippen molar-refractivity contribution in [3.63, 3.8) is 0 Å². The van der Waals surface area contributed by atoms with E-state index in [0.717, 1.165) is 11.3 Å². The van der Waals surface area contributed by atoms with Gasteiger partial charge in [0, 0.05) is 5.69 Å². The lowest BCUT2D eigenvalue weighted by Gasteiger charge is -2.37. The molecule has 0 bridgehead atoms. The van der Waals surface area contributed by atoms with E-state index in [9.17, 15) is 9.59 Å². The number of anilines is 1. The molecular formula is C13H15NO4. The summed E-state index contributed by atoms with van der Waals surface area (Å²) >= 11 is 0. The van der Waals surface area contributed by atoms with Crippen LogP contribution < -0.4 is 4.90 Å². The Balaban J connectivity index is 2.35. The van der Waals surface area contributed by atoms with Gasteiger partial charge in [0.25, 0.3) is 5.91 Å². The molecule has 1 atom stereocenters. The first-order chi connectivity index (χ1) is 8.44. The third-order valence-electron chi connectivity index (χ3n) is 3.13. The zero-order valence-corrected chi connectivity index (χ0v) is 10.3. The second-order valence-electron chi connectivity index (χ2n) is 4.59. The van der Waals surface area contributed by atoms with Gasteiger partial charge in [0.05, 0.1) is 6.54 Å². The van der Waals surface area contributed by atoms with Crippen LogP contribution in [0, 0.1) is 6.92 Å². The summed E-state index contributed by atoms with van der Waals surface area (Å²) in [6.45, 7) is 3.17. The topological polar surface area (TPSA) is 66.8 Å². The number of para-hydroxylation sites is 1. The monoisotopic (exact) mass is 249 g/mol. The van der Waals surface area contributed by atoms with Gasteiger partial charge in [-0.1, -0.05) is 18.2 Å². The fourth-order valence-corrected chi connectivity index (χ4v) is 1.95. The van der Waals surface area contributed by atoms with Crippen molar-refractivity contribution in [2.45, 2.75) is 19.4 Å². The fourth-order valence-electron chi connectivity index (χ4n) is 1.95. The Morgan fingerprint density at radius 3 is 2.72 bits per heavy atom. The van der Waals surface area contributed by atoms with Gasteiger partial charge in [-0.3, -0.25) is 4.79 Å². The van der Waals surface area contributed by atoms with Crippen molar-refractivity contribution in [2.24, 2.45) is 0 Å². The van der Waals surface area contributed by atoms with Crippen molar-refractivity contribution >= 4 is 17.6 Å². The number of rotatable bonds is 2. The van der Waals surface area contributed by atoms with Gasteiger partial charge in [0.15, 0.2) is 5.60 Å². The summed E-state index contributed by atoms with van der Waals surface area (Å²) in [6, 6.07) is 7.39. The maximum atomic E-state index is 11.9. The molecular weight excluding hydrogens is 234 g/mol. The molecule has 5 nitrogen and oxygen atoms in total. The standard InChI is InChI=1S/C13H15NO4/c1-9-5-3-4-6-10(9)14-8-13(2,12(16)17)18-7-11(14)15/h3-6H,7-8H2,1-2H3,(H,16,17). The molecule has 1 fully saturated rings. The second-order valence-corrected chi connectivity index (χ2v) is 4.59. The van der Waals surface area contributed by atoms with Crippen molar-refractivity contribution in [3.05, 3.63) is 29.8 Å². The molecule has 2 rings (SSSR count). The lowest BCUT2D eigenvalue weighted by atomic mass is 10.0. The highest BCUT2D eigenvalue weighted by atomic mass is 16.5. The van der Waals surface area contributed by atoms with Crippen LogP contribution in [0.4, 0.5) is 5.69 Å². The Bertz CT molecular complexity index is 500. The van der Waals surface area contributed by atoms with E-state index in [2.05, 4.69) is 0 Å². The summed E-state index contributed by atoms with van der Waals surface area (Å²) in [7, 11) is 0. The first kappa shape index (κ1) is 12.6. The largest absolute Gasteiger partial charge is 0.479 e. The van der Waals surface area contributed by atoms with Gasteiger partial charge in [-0.2, -0.15) is 0 Å². The number of aliphatic carboxylic acids is 1. The summed E-state index contributed by atoms with van der Waals surface area (Å²) < 4.78 is 5.14. The smallest absolute Gasteiger partial charge is 0.337 e. The minimum Gasteiger partial charge on any atom is -0.479 e. The van der Waals surface area contributed by atoms with Crippen LogP contribution in [-0.4, -0.2) is 35.7 Å². The van der Waals surface area contributed by atoms with Crippen LogP contribution in [0.1, 0.15) is 12.5 Å². The summed E-state index contributed by atoms with van der Waals surface area (Å²) in [6.07, 6.45) is 0. The van der Waals surface area contributed by atoms with Crippen LogP contribution in [0.2, 0.25) is 0 Å². The van der Waals surface area contributed by atoms with Gasteiger partial charge >= 0.3 is 5.97 Å². The number of carboxylic acids is 1. The highest BCUT2D eigenvalue weighted by Crippen LogP contribution is 2.26. The number of hydrogen-bond donors (Lipinski definition) is 1. The number of carbonyl (C=O) groups excluding carboxylic acids is 1. The number of nitrogens with zero attached hydrogens (tertiary/aromatic N) is 1. The van der Waals surface area contributed by atoms with E-state index >= 15 is 0 Å². The molecule has 0 saturated carbocycles. The number of amides is 1. The van der Waals surface area contributed by atoms with E-state index in [4.69, 9.17) is 9.84 Å². The first-order valence-corrected chi connectivity index (χ1v) is 5.67. The minimum atomic E-state index is -1.35. The molecule has 1 aromatic carbocycles. The Kier molecular flexibility index (Phi) is 3.09. The predicted molar refractivity (Wildman–Crippen MR) is 65.5 cm³/mol. The van der Waals surface area contributed by atoms with Gasteiger partial charge < -0.3 is 14.7 Å². The molecule has 18 heavy (non-hydrogen) atoms. The van der Waals surface area contributed by atoms with E-state index < -0.39 is 11.6 Å². The van der Waals surface area contributed by atoms with Gasteiger partial charge in [0.1, 0.15) is 6.61 Å². The molecule has 0 spiro atoms. The predicted octanol–water partition coefficient (Wildman–Crippen LogP) is 1.20. The fraction of sp³-hybridized carbons (Fsp3) is 0.385. The van der Waals surface area contributed by atoms with Crippen LogP contribution >= 0.6 is 0 Å². The van der Waals surface area contributed by atoms with Gasteiger partial charge in [0.2, 0.25) is 0 Å². The zero-order valence-electron chi connectivity index (χ0n) is 10.3. The SMILES string of the molecule is Cc1ccccc1N1CC(C)(C(=O)O)OCC1=O. The summed E-state index contributed by atoms with van der Waals surface area (Å²) in [5, 5.41) is 9.15.